The molecule has 2 atom stereocenters. The average molecular weight is 441 g/mol. The Kier molecular flexibility index (Phi) is 12.5. The summed E-state index contributed by atoms with van der Waals surface area (Å²) in [5.41, 5.74) is 11.5. The zero-order valence-corrected chi connectivity index (χ0v) is 18.0. The number of nitrogens with zero attached hydrogens (tertiary/aromatic N) is 2. The molecule has 12 nitrogen and oxygen atoms in total. The smallest absolute Gasteiger partial charge is 0.432 e. The van der Waals surface area contributed by atoms with Crippen molar-refractivity contribution in [2.75, 3.05) is 42.7 Å². The fourth-order valence-corrected chi connectivity index (χ4v) is 2.23. The topological polar surface area (TPSA) is 181 Å². The van der Waals surface area contributed by atoms with Crippen molar-refractivity contribution >= 4 is 43.7 Å². The Morgan fingerprint density at radius 2 is 1.96 bits per heavy atom. The maximum absolute atomic E-state index is 11.8. The summed E-state index contributed by atoms with van der Waals surface area (Å²) in [5.74, 6) is 0.466. The number of hydrogen-bond donors (Lipinski definition) is 5. The van der Waals surface area contributed by atoms with Gasteiger partial charge in [0.05, 0.1) is 12.2 Å². The largest absolute Gasteiger partial charge is 0.510 e. The van der Waals surface area contributed by atoms with E-state index in [2.05, 4.69) is 41.9 Å². The number of anilines is 3. The predicted octanol–water partition coefficient (Wildman–Crippen LogP) is 1.68. The number of ether oxygens (including phenoxy) is 3. The number of nitrogen functional groups attached to an aromatic ring is 2. The molecule has 0 radical (unpaired) electrons. The summed E-state index contributed by atoms with van der Waals surface area (Å²) in [7, 11) is -4.10. The van der Waals surface area contributed by atoms with Crippen LogP contribution in [0.15, 0.2) is 6.33 Å². The minimum absolute atomic E-state index is 0.139. The predicted molar refractivity (Wildman–Crippen MR) is 108 cm³/mol. The first kappa shape index (κ1) is 26.2. The van der Waals surface area contributed by atoms with Crippen LogP contribution in [-0.4, -0.2) is 59.2 Å². The molecule has 1 rings (SSSR count). The minimum atomic E-state index is -4.10. The number of carbonyl (C=O) groups excluding carboxylic acids is 1. The molecule has 1 aromatic heterocycles. The molecule has 0 fully saturated rings. The molecular formula is C14H28N5O7PS. The first-order valence-corrected chi connectivity index (χ1v) is 10.7. The monoisotopic (exact) mass is 441 g/mol. The Hall–Kier alpha value is -1.79. The van der Waals surface area contributed by atoms with Gasteiger partial charge in [0.1, 0.15) is 18.4 Å². The summed E-state index contributed by atoms with van der Waals surface area (Å²) in [4.78, 5) is 28.4. The van der Waals surface area contributed by atoms with Crippen LogP contribution in [0.25, 0.3) is 0 Å². The second-order valence-electron chi connectivity index (χ2n) is 5.45. The lowest BCUT2D eigenvalue weighted by Crippen LogP contribution is -2.22. The van der Waals surface area contributed by atoms with Crippen molar-refractivity contribution in [2.45, 2.75) is 33.0 Å². The molecule has 0 bridgehead atoms. The summed E-state index contributed by atoms with van der Waals surface area (Å²) in [6.07, 6.45) is 0.487. The van der Waals surface area contributed by atoms with Gasteiger partial charge in [0.25, 0.3) is 0 Å². The van der Waals surface area contributed by atoms with Crippen LogP contribution in [0.4, 0.5) is 22.1 Å². The van der Waals surface area contributed by atoms with E-state index in [0.29, 0.717) is 5.82 Å². The highest BCUT2D eigenvalue weighted by atomic mass is 32.1. The van der Waals surface area contributed by atoms with E-state index >= 15 is 0 Å². The number of rotatable bonds is 10. The van der Waals surface area contributed by atoms with Crippen LogP contribution in [-0.2, 0) is 23.3 Å². The summed E-state index contributed by atoms with van der Waals surface area (Å²) in [5, 5.41) is 2.89. The van der Waals surface area contributed by atoms with E-state index < -0.39 is 33.0 Å². The quantitative estimate of drug-likeness (QED) is 0.154. The number of carbonyl (C=O) groups is 1. The van der Waals surface area contributed by atoms with Gasteiger partial charge in [0, 0.05) is 6.54 Å². The Morgan fingerprint density at radius 3 is 2.57 bits per heavy atom. The van der Waals surface area contributed by atoms with Gasteiger partial charge in [-0.3, -0.25) is 9.09 Å². The van der Waals surface area contributed by atoms with Gasteiger partial charge in [-0.25, -0.2) is 14.8 Å². The van der Waals surface area contributed by atoms with E-state index in [9.17, 15) is 14.3 Å². The van der Waals surface area contributed by atoms with Crippen LogP contribution in [0.5, 0.6) is 0 Å². The van der Waals surface area contributed by atoms with E-state index in [1.807, 2.05) is 0 Å². The molecule has 0 amide bonds. The normalized spacial score (nSPS) is 13.7. The average Bonchev–Trinajstić information content (AvgIpc) is 2.62. The third-order valence-electron chi connectivity index (χ3n) is 2.76. The summed E-state index contributed by atoms with van der Waals surface area (Å²) in [6.45, 7) is 4.42. The molecule has 0 aliphatic carbocycles. The zero-order valence-electron chi connectivity index (χ0n) is 16.2. The highest BCUT2D eigenvalue weighted by Gasteiger charge is 2.22. The Bertz CT molecular complexity index is 653. The Balaban J connectivity index is 0.00000352. The first-order chi connectivity index (χ1) is 13.1. The van der Waals surface area contributed by atoms with Gasteiger partial charge in [0.15, 0.2) is 11.6 Å². The highest BCUT2D eigenvalue weighted by molar-refractivity contribution is 7.79. The second kappa shape index (κ2) is 13.4. The van der Waals surface area contributed by atoms with E-state index in [-0.39, 0.29) is 24.2 Å². The molecule has 14 heteroatoms. The van der Waals surface area contributed by atoms with Crippen molar-refractivity contribution in [1.82, 2.24) is 9.97 Å². The zero-order chi connectivity index (χ0) is 21.7. The highest BCUT2D eigenvalue weighted by Crippen LogP contribution is 2.41. The lowest BCUT2D eigenvalue weighted by atomic mass is 10.4. The molecule has 162 valence electrons. The van der Waals surface area contributed by atoms with Gasteiger partial charge in [-0.15, -0.1) is 0 Å². The van der Waals surface area contributed by atoms with Crippen LogP contribution in [0.2, 0.25) is 0 Å². The van der Waals surface area contributed by atoms with Gasteiger partial charge >= 0.3 is 13.8 Å². The number of hydrogen-bond acceptors (Lipinski definition) is 12. The second-order valence-corrected chi connectivity index (χ2v) is 7.25. The van der Waals surface area contributed by atoms with E-state index in [1.165, 1.54) is 6.33 Å². The van der Waals surface area contributed by atoms with Crippen molar-refractivity contribution < 1.29 is 33.0 Å². The number of nitrogens with two attached hydrogens (primary N) is 2. The SMILES string of the molecule is CC(C)OC(=O)OCOP(=O)(O)COC(C)CNc1ncnc(N)c1N.CS. The van der Waals surface area contributed by atoms with Crippen molar-refractivity contribution in [2.24, 2.45) is 0 Å². The molecule has 0 aliphatic heterocycles. The van der Waals surface area contributed by atoms with Crippen LogP contribution in [0.1, 0.15) is 20.8 Å². The molecule has 0 aromatic carbocycles. The molecular weight excluding hydrogens is 413 g/mol. The van der Waals surface area contributed by atoms with Crippen LogP contribution in [0, 0.1) is 0 Å². The third kappa shape index (κ3) is 11.1. The Labute approximate surface area is 169 Å². The third-order valence-corrected chi connectivity index (χ3v) is 3.74. The standard InChI is InChI=1S/C13H24N5O7P.CH4S/c1-8(2)25-13(19)22-6-24-26(20,21)7-23-9(3)4-16-12-10(14)11(15)17-5-18-12;1-2/h5,8-9H,4,6-7,14H2,1-3H3,(H,20,21)(H3,15,16,17,18);2H,1H3. The van der Waals surface area contributed by atoms with E-state index in [4.69, 9.17) is 16.2 Å². The van der Waals surface area contributed by atoms with Gasteiger partial charge < -0.3 is 35.9 Å². The van der Waals surface area contributed by atoms with Gasteiger partial charge in [0.2, 0.25) is 6.79 Å². The molecule has 1 aromatic rings. The lowest BCUT2D eigenvalue weighted by molar-refractivity contribution is -0.0145. The number of nitrogens with one attached hydrogen (secondary N) is 1. The molecule has 28 heavy (non-hydrogen) atoms. The van der Waals surface area contributed by atoms with Crippen molar-refractivity contribution in [3.63, 3.8) is 0 Å². The van der Waals surface area contributed by atoms with Gasteiger partial charge in [-0.05, 0) is 27.0 Å². The summed E-state index contributed by atoms with van der Waals surface area (Å²) >= 11 is 3.53. The van der Waals surface area contributed by atoms with E-state index in [0.717, 1.165) is 0 Å². The molecule has 0 spiro atoms. The van der Waals surface area contributed by atoms with Crippen molar-refractivity contribution in [3.05, 3.63) is 6.33 Å². The molecule has 6 N–H and O–H groups in total. The fourth-order valence-electron chi connectivity index (χ4n) is 1.49. The van der Waals surface area contributed by atoms with Crippen LogP contribution in [0.3, 0.4) is 0 Å². The molecule has 1 heterocycles. The molecule has 2 unspecified atom stereocenters. The Morgan fingerprint density at radius 1 is 1.32 bits per heavy atom. The van der Waals surface area contributed by atoms with Crippen LogP contribution < -0.4 is 16.8 Å². The summed E-state index contributed by atoms with van der Waals surface area (Å²) in [6, 6.07) is 0. The lowest BCUT2D eigenvalue weighted by Gasteiger charge is -2.18. The number of thiol groups is 1. The van der Waals surface area contributed by atoms with Crippen molar-refractivity contribution in [3.8, 4) is 0 Å². The number of aromatic nitrogens is 2. The fraction of sp³-hybridized carbons (Fsp3) is 0.643. The summed E-state index contributed by atoms with van der Waals surface area (Å²) < 4.78 is 30.8. The first-order valence-electron chi connectivity index (χ1n) is 8.06. The minimum Gasteiger partial charge on any atom is -0.432 e. The molecule has 0 saturated carbocycles. The molecule has 0 aliphatic rings. The van der Waals surface area contributed by atoms with Crippen molar-refractivity contribution in [1.29, 1.82) is 0 Å². The maximum atomic E-state index is 11.8. The van der Waals surface area contributed by atoms with Gasteiger partial charge in [-0.1, -0.05) is 0 Å². The van der Waals surface area contributed by atoms with Gasteiger partial charge in [-0.2, -0.15) is 12.6 Å². The van der Waals surface area contributed by atoms with E-state index in [1.54, 1.807) is 27.0 Å². The maximum Gasteiger partial charge on any atom is 0.510 e. The molecule has 0 saturated heterocycles. The van der Waals surface area contributed by atoms with Crippen LogP contribution >= 0.6 is 20.2 Å².